The second-order valence-corrected chi connectivity index (χ2v) is 4.24. The van der Waals surface area contributed by atoms with Crippen LogP contribution in [0.1, 0.15) is 26.7 Å². The van der Waals surface area contributed by atoms with E-state index in [1.807, 2.05) is 13.8 Å². The first-order valence-corrected chi connectivity index (χ1v) is 4.73. The summed E-state index contributed by atoms with van der Waals surface area (Å²) >= 11 is 0. The third-order valence-electron chi connectivity index (χ3n) is 2.48. The second-order valence-electron chi connectivity index (χ2n) is 4.24. The minimum atomic E-state index is -4.46. The maximum absolute atomic E-state index is 11.8. The topological polar surface area (TPSA) is 29.5 Å². The largest absolute Gasteiger partial charge is 0.440 e. The summed E-state index contributed by atoms with van der Waals surface area (Å²) < 4.78 is 39.6. The summed E-state index contributed by atoms with van der Waals surface area (Å²) in [6.07, 6.45) is -3.75. The minimum Gasteiger partial charge on any atom is -0.440 e. The van der Waals surface area contributed by atoms with E-state index >= 15 is 0 Å². The van der Waals surface area contributed by atoms with Crippen LogP contribution >= 0.6 is 0 Å². The van der Waals surface area contributed by atoms with Gasteiger partial charge in [0.2, 0.25) is 0 Å². The van der Waals surface area contributed by atoms with E-state index in [9.17, 15) is 18.0 Å². The molecule has 0 spiro atoms. The van der Waals surface area contributed by atoms with Crippen molar-refractivity contribution in [2.75, 3.05) is 13.2 Å². The average Bonchev–Trinajstić information content (AvgIpc) is 2.40. The van der Waals surface area contributed by atoms with Crippen LogP contribution in [0.3, 0.4) is 0 Å². The molecule has 0 N–H and O–H groups in total. The van der Waals surface area contributed by atoms with Crippen molar-refractivity contribution in [2.45, 2.75) is 38.4 Å². The van der Waals surface area contributed by atoms with Gasteiger partial charge < -0.3 is 9.64 Å². The number of alkyl halides is 3. The van der Waals surface area contributed by atoms with Crippen LogP contribution in [-0.4, -0.2) is 35.9 Å². The number of amides is 1. The lowest BCUT2D eigenvalue weighted by atomic mass is 10.0. The summed E-state index contributed by atoms with van der Waals surface area (Å²) in [4.78, 5) is 12.7. The molecule has 1 amide bonds. The van der Waals surface area contributed by atoms with Gasteiger partial charge in [-0.1, -0.05) is 0 Å². The molecular formula is C9H14F3NO2. The predicted octanol–water partition coefficient (Wildman–Crippen LogP) is 2.56. The Kier molecular flexibility index (Phi) is 3.16. The molecular weight excluding hydrogens is 211 g/mol. The molecule has 1 rings (SSSR count). The molecule has 0 saturated carbocycles. The summed E-state index contributed by atoms with van der Waals surface area (Å²) in [6, 6.07) is 0. The SMILES string of the molecule is CC1(C)CCCN1C(=O)OCC(F)(F)F. The molecule has 0 aromatic heterocycles. The minimum absolute atomic E-state index is 0.400. The highest BCUT2D eigenvalue weighted by Gasteiger charge is 2.38. The van der Waals surface area contributed by atoms with E-state index in [1.54, 1.807) is 0 Å². The van der Waals surface area contributed by atoms with Crippen LogP contribution in [0.15, 0.2) is 0 Å². The third-order valence-corrected chi connectivity index (χ3v) is 2.48. The monoisotopic (exact) mass is 225 g/mol. The number of halogens is 3. The summed E-state index contributed by atoms with van der Waals surface area (Å²) in [5, 5.41) is 0. The van der Waals surface area contributed by atoms with Crippen molar-refractivity contribution in [2.24, 2.45) is 0 Å². The van der Waals surface area contributed by atoms with E-state index in [1.165, 1.54) is 4.90 Å². The van der Waals surface area contributed by atoms with Crippen LogP contribution < -0.4 is 0 Å². The van der Waals surface area contributed by atoms with Gasteiger partial charge in [-0.05, 0) is 26.7 Å². The fourth-order valence-electron chi connectivity index (χ4n) is 1.67. The molecule has 1 heterocycles. The zero-order chi connectivity index (χ0) is 11.7. The van der Waals surface area contributed by atoms with Crippen molar-refractivity contribution >= 4 is 6.09 Å². The molecule has 0 aliphatic carbocycles. The molecule has 0 bridgehead atoms. The predicted molar refractivity (Wildman–Crippen MR) is 47.4 cm³/mol. The van der Waals surface area contributed by atoms with Crippen molar-refractivity contribution in [1.29, 1.82) is 0 Å². The summed E-state index contributed by atoms with van der Waals surface area (Å²) in [5.74, 6) is 0. The molecule has 0 aromatic carbocycles. The van der Waals surface area contributed by atoms with Gasteiger partial charge in [0.05, 0.1) is 0 Å². The Balaban J connectivity index is 2.48. The molecule has 1 aliphatic heterocycles. The first-order chi connectivity index (χ1) is 6.72. The van der Waals surface area contributed by atoms with E-state index in [2.05, 4.69) is 4.74 Å². The number of hydrogen-bond acceptors (Lipinski definition) is 2. The molecule has 0 unspecified atom stereocenters. The molecule has 3 nitrogen and oxygen atoms in total. The number of carbonyl (C=O) groups excluding carboxylic acids is 1. The molecule has 1 fully saturated rings. The molecule has 15 heavy (non-hydrogen) atoms. The highest BCUT2D eigenvalue weighted by molar-refractivity contribution is 5.69. The number of likely N-dealkylation sites (tertiary alicyclic amines) is 1. The number of ether oxygens (including phenoxy) is 1. The molecule has 0 atom stereocenters. The smallest absolute Gasteiger partial charge is 0.422 e. The number of rotatable bonds is 1. The van der Waals surface area contributed by atoms with Crippen molar-refractivity contribution in [3.8, 4) is 0 Å². The van der Waals surface area contributed by atoms with Crippen LogP contribution in [0.25, 0.3) is 0 Å². The second kappa shape index (κ2) is 3.90. The molecule has 1 aliphatic rings. The van der Waals surface area contributed by atoms with Gasteiger partial charge in [-0.15, -0.1) is 0 Å². The molecule has 6 heteroatoms. The van der Waals surface area contributed by atoms with Crippen LogP contribution in [0.5, 0.6) is 0 Å². The quantitative estimate of drug-likeness (QED) is 0.686. The Morgan fingerprint density at radius 2 is 2.07 bits per heavy atom. The van der Waals surface area contributed by atoms with Crippen molar-refractivity contribution < 1.29 is 22.7 Å². The number of hydrogen-bond donors (Lipinski definition) is 0. The van der Waals surface area contributed by atoms with Crippen molar-refractivity contribution in [1.82, 2.24) is 4.90 Å². The zero-order valence-corrected chi connectivity index (χ0v) is 8.73. The Bertz CT molecular complexity index is 250. The van der Waals surface area contributed by atoms with Crippen LogP contribution in [0.4, 0.5) is 18.0 Å². The van der Waals surface area contributed by atoms with Gasteiger partial charge in [0.25, 0.3) is 0 Å². The molecule has 0 radical (unpaired) electrons. The van der Waals surface area contributed by atoms with Gasteiger partial charge >= 0.3 is 12.3 Å². The number of carbonyl (C=O) groups is 1. The van der Waals surface area contributed by atoms with Crippen LogP contribution in [0, 0.1) is 0 Å². The fraction of sp³-hybridized carbons (Fsp3) is 0.889. The van der Waals surface area contributed by atoms with Gasteiger partial charge in [-0.2, -0.15) is 13.2 Å². The van der Waals surface area contributed by atoms with E-state index in [0.29, 0.717) is 6.54 Å². The van der Waals surface area contributed by atoms with Gasteiger partial charge in [-0.3, -0.25) is 0 Å². The van der Waals surface area contributed by atoms with E-state index in [4.69, 9.17) is 0 Å². The lowest BCUT2D eigenvalue weighted by Gasteiger charge is -2.30. The third kappa shape index (κ3) is 3.28. The van der Waals surface area contributed by atoms with E-state index in [0.717, 1.165) is 12.8 Å². The van der Waals surface area contributed by atoms with Crippen LogP contribution in [-0.2, 0) is 4.74 Å². The van der Waals surface area contributed by atoms with Gasteiger partial charge in [-0.25, -0.2) is 4.79 Å². The standard InChI is InChI=1S/C9H14F3NO2/c1-8(2)4-3-5-13(8)7(14)15-6-9(10,11)12/h3-6H2,1-2H3. The van der Waals surface area contributed by atoms with Gasteiger partial charge in [0.15, 0.2) is 6.61 Å². The van der Waals surface area contributed by atoms with Crippen LogP contribution in [0.2, 0.25) is 0 Å². The first-order valence-electron chi connectivity index (χ1n) is 4.73. The highest BCUT2D eigenvalue weighted by Crippen LogP contribution is 2.29. The highest BCUT2D eigenvalue weighted by atomic mass is 19.4. The van der Waals surface area contributed by atoms with Crippen molar-refractivity contribution in [3.05, 3.63) is 0 Å². The Morgan fingerprint density at radius 1 is 1.47 bits per heavy atom. The Hall–Kier alpha value is -0.940. The first kappa shape index (κ1) is 12.1. The maximum Gasteiger partial charge on any atom is 0.422 e. The normalized spacial score (nSPS) is 20.5. The summed E-state index contributed by atoms with van der Waals surface area (Å²) in [7, 11) is 0. The molecule has 88 valence electrons. The Morgan fingerprint density at radius 3 is 2.47 bits per heavy atom. The molecule has 1 saturated heterocycles. The van der Waals surface area contributed by atoms with Gasteiger partial charge in [0.1, 0.15) is 0 Å². The lowest BCUT2D eigenvalue weighted by Crippen LogP contribution is -2.43. The van der Waals surface area contributed by atoms with Crippen molar-refractivity contribution in [3.63, 3.8) is 0 Å². The van der Waals surface area contributed by atoms with Gasteiger partial charge in [0, 0.05) is 12.1 Å². The summed E-state index contributed by atoms with van der Waals surface area (Å²) in [6.45, 7) is 2.58. The van der Waals surface area contributed by atoms with E-state index in [-0.39, 0.29) is 0 Å². The fourth-order valence-corrected chi connectivity index (χ4v) is 1.67. The zero-order valence-electron chi connectivity index (χ0n) is 8.73. The average molecular weight is 225 g/mol. The number of nitrogens with zero attached hydrogens (tertiary/aromatic N) is 1. The Labute approximate surface area is 86.2 Å². The molecule has 0 aromatic rings. The maximum atomic E-state index is 11.8. The van der Waals surface area contributed by atoms with E-state index < -0.39 is 24.4 Å². The summed E-state index contributed by atoms with van der Waals surface area (Å²) in [5.41, 5.74) is -0.400. The lowest BCUT2D eigenvalue weighted by molar-refractivity contribution is -0.163.